The highest BCUT2D eigenvalue weighted by Crippen LogP contribution is 2.31. The maximum absolute atomic E-state index is 13.3. The minimum Gasteiger partial charge on any atom is -0.488 e. The van der Waals surface area contributed by atoms with Gasteiger partial charge < -0.3 is 30.3 Å². The van der Waals surface area contributed by atoms with Crippen LogP contribution in [0.5, 0.6) is 5.75 Å². The number of nitrogens with one attached hydrogen (secondary N) is 2. The predicted octanol–water partition coefficient (Wildman–Crippen LogP) is 5.30. The van der Waals surface area contributed by atoms with Crippen molar-refractivity contribution in [2.45, 2.75) is 57.6 Å². The lowest BCUT2D eigenvalue weighted by atomic mass is 10.0. The Kier molecular flexibility index (Phi) is 11.1. The number of ether oxygens (including phenoxy) is 1. The van der Waals surface area contributed by atoms with Crippen LogP contribution in [0.1, 0.15) is 37.8 Å². The van der Waals surface area contributed by atoms with E-state index in [0.717, 1.165) is 24.3 Å². The second kappa shape index (κ2) is 14.2. The van der Waals surface area contributed by atoms with Crippen LogP contribution in [0.15, 0.2) is 42.5 Å². The third-order valence-electron chi connectivity index (χ3n) is 7.10. The highest BCUT2D eigenvalue weighted by atomic mass is 19.4. The van der Waals surface area contributed by atoms with E-state index in [0.29, 0.717) is 5.56 Å². The Labute approximate surface area is 250 Å². The molecule has 0 saturated carbocycles. The van der Waals surface area contributed by atoms with Crippen molar-refractivity contribution in [2.24, 2.45) is 5.92 Å². The Balaban J connectivity index is 1.82. The van der Waals surface area contributed by atoms with Crippen LogP contribution in [0.4, 0.5) is 42.5 Å². The number of hydrogen-bond acceptors (Lipinski definition) is 5. The van der Waals surface area contributed by atoms with Gasteiger partial charge in [-0.2, -0.15) is 26.3 Å². The van der Waals surface area contributed by atoms with Gasteiger partial charge in [0.2, 0.25) is 11.8 Å². The molecule has 1 heterocycles. The average molecular weight is 633 g/mol. The number of nitrogens with zero attached hydrogens (tertiary/aromatic N) is 2. The predicted molar refractivity (Wildman–Crippen MR) is 149 cm³/mol. The molecule has 1 aliphatic heterocycles. The zero-order valence-electron chi connectivity index (χ0n) is 24.3. The molecular formula is C29H34F6N4O5. The molecule has 0 radical (unpaired) electrons. The number of anilines is 2. The van der Waals surface area contributed by atoms with E-state index in [1.54, 1.807) is 13.8 Å². The monoisotopic (exact) mass is 632 g/mol. The van der Waals surface area contributed by atoms with Crippen LogP contribution in [0.2, 0.25) is 0 Å². The minimum absolute atomic E-state index is 0.0153. The Morgan fingerprint density at radius 2 is 1.70 bits per heavy atom. The molecular weight excluding hydrogens is 598 g/mol. The number of likely N-dealkylation sites (N-methyl/N-ethyl adjacent to an activating group) is 1. The molecule has 0 bridgehead atoms. The van der Waals surface area contributed by atoms with E-state index in [1.165, 1.54) is 35.0 Å². The van der Waals surface area contributed by atoms with Gasteiger partial charge in [0.15, 0.2) is 0 Å². The molecule has 0 aromatic heterocycles. The van der Waals surface area contributed by atoms with Gasteiger partial charge in [-0.1, -0.05) is 6.92 Å². The van der Waals surface area contributed by atoms with E-state index in [9.17, 15) is 45.8 Å². The van der Waals surface area contributed by atoms with Gasteiger partial charge in [-0.15, -0.1) is 0 Å². The van der Waals surface area contributed by atoms with Crippen molar-refractivity contribution in [1.82, 2.24) is 9.80 Å². The van der Waals surface area contributed by atoms with Gasteiger partial charge in [-0.25, -0.2) is 4.79 Å². The van der Waals surface area contributed by atoms with E-state index in [4.69, 9.17) is 4.74 Å². The lowest BCUT2D eigenvalue weighted by Gasteiger charge is -2.34. The van der Waals surface area contributed by atoms with Crippen LogP contribution in [0, 0.1) is 5.92 Å². The summed E-state index contributed by atoms with van der Waals surface area (Å²) in [7, 11) is 1.46. The molecule has 15 heteroatoms. The number of aliphatic hydroxyl groups is 1. The molecule has 242 valence electrons. The first-order chi connectivity index (χ1) is 20.5. The SMILES string of the molecule is C[C@@H]1CN([C@@H](C)CO)C(=O)Cc2cc(NC(=O)CCC(F)(F)F)ccc2O[C@H]1CN(C)C(=O)Nc1ccc(C(F)(F)F)cc1. The molecule has 0 fully saturated rings. The molecule has 9 nitrogen and oxygen atoms in total. The Morgan fingerprint density at radius 1 is 1.07 bits per heavy atom. The van der Waals surface area contributed by atoms with Crippen molar-refractivity contribution in [1.29, 1.82) is 0 Å². The third kappa shape index (κ3) is 9.76. The molecule has 2 aromatic carbocycles. The number of urea groups is 1. The number of halogens is 6. The number of rotatable bonds is 8. The zero-order chi connectivity index (χ0) is 32.8. The quantitative estimate of drug-likeness (QED) is 0.342. The Bertz CT molecular complexity index is 1320. The summed E-state index contributed by atoms with van der Waals surface area (Å²) in [5.41, 5.74) is -0.238. The summed E-state index contributed by atoms with van der Waals surface area (Å²) in [6.07, 6.45) is -12.0. The van der Waals surface area contributed by atoms with Gasteiger partial charge in [0.1, 0.15) is 11.9 Å². The van der Waals surface area contributed by atoms with Crippen LogP contribution in [0.3, 0.4) is 0 Å². The second-order valence-corrected chi connectivity index (χ2v) is 10.8. The third-order valence-corrected chi connectivity index (χ3v) is 7.10. The first kappa shape index (κ1) is 34.5. The summed E-state index contributed by atoms with van der Waals surface area (Å²) < 4.78 is 82.5. The fourth-order valence-corrected chi connectivity index (χ4v) is 4.52. The fraction of sp³-hybridized carbons (Fsp3) is 0.483. The van der Waals surface area contributed by atoms with Gasteiger partial charge in [0.25, 0.3) is 0 Å². The van der Waals surface area contributed by atoms with E-state index in [1.807, 2.05) is 0 Å². The first-order valence-corrected chi connectivity index (χ1v) is 13.7. The molecule has 0 unspecified atom stereocenters. The lowest BCUT2D eigenvalue weighted by Crippen LogP contribution is -2.48. The summed E-state index contributed by atoms with van der Waals surface area (Å²) in [4.78, 5) is 41.0. The molecule has 0 saturated heterocycles. The summed E-state index contributed by atoms with van der Waals surface area (Å²) in [5.74, 6) is -1.36. The van der Waals surface area contributed by atoms with Crippen molar-refractivity contribution in [3.63, 3.8) is 0 Å². The topological polar surface area (TPSA) is 111 Å². The molecule has 44 heavy (non-hydrogen) atoms. The highest BCUT2D eigenvalue weighted by Gasteiger charge is 2.33. The van der Waals surface area contributed by atoms with Gasteiger partial charge in [0.05, 0.1) is 37.6 Å². The molecule has 4 amide bonds. The van der Waals surface area contributed by atoms with Crippen LogP contribution < -0.4 is 15.4 Å². The lowest BCUT2D eigenvalue weighted by molar-refractivity contribution is -0.142. The van der Waals surface area contributed by atoms with Gasteiger partial charge in [-0.05, 0) is 49.4 Å². The number of alkyl halides is 6. The Hall–Kier alpha value is -4.01. The first-order valence-electron chi connectivity index (χ1n) is 13.7. The molecule has 3 rings (SSSR count). The van der Waals surface area contributed by atoms with Crippen molar-refractivity contribution < 1.29 is 50.6 Å². The van der Waals surface area contributed by atoms with Crippen LogP contribution in [-0.2, 0) is 22.2 Å². The van der Waals surface area contributed by atoms with E-state index in [-0.39, 0.29) is 55.1 Å². The number of carbonyl (C=O) groups is 3. The van der Waals surface area contributed by atoms with Gasteiger partial charge in [-0.3, -0.25) is 9.59 Å². The summed E-state index contributed by atoms with van der Waals surface area (Å²) >= 11 is 0. The van der Waals surface area contributed by atoms with Gasteiger partial charge in [0, 0.05) is 42.9 Å². The molecule has 0 aliphatic carbocycles. The second-order valence-electron chi connectivity index (χ2n) is 10.8. The van der Waals surface area contributed by atoms with Crippen LogP contribution >= 0.6 is 0 Å². The van der Waals surface area contributed by atoms with Crippen LogP contribution in [0.25, 0.3) is 0 Å². The minimum atomic E-state index is -4.53. The van der Waals surface area contributed by atoms with Crippen LogP contribution in [-0.4, -0.2) is 77.8 Å². The van der Waals surface area contributed by atoms with E-state index >= 15 is 0 Å². The van der Waals surface area contributed by atoms with Crippen molar-refractivity contribution in [3.05, 3.63) is 53.6 Å². The average Bonchev–Trinajstić information content (AvgIpc) is 2.98. The highest BCUT2D eigenvalue weighted by molar-refractivity contribution is 5.91. The number of benzene rings is 2. The number of carbonyl (C=O) groups excluding carboxylic acids is 3. The number of hydrogen-bond donors (Lipinski definition) is 3. The number of amides is 4. The maximum atomic E-state index is 13.3. The van der Waals surface area contributed by atoms with Crippen molar-refractivity contribution in [3.8, 4) is 5.75 Å². The maximum Gasteiger partial charge on any atom is 0.416 e. The molecule has 2 aromatic rings. The molecule has 3 atom stereocenters. The molecule has 0 spiro atoms. The largest absolute Gasteiger partial charge is 0.488 e. The molecule has 1 aliphatic rings. The Morgan fingerprint density at radius 3 is 2.30 bits per heavy atom. The number of aliphatic hydroxyl groups excluding tert-OH is 1. The van der Waals surface area contributed by atoms with E-state index < -0.39 is 54.8 Å². The van der Waals surface area contributed by atoms with Crippen molar-refractivity contribution in [2.75, 3.05) is 37.4 Å². The van der Waals surface area contributed by atoms with Gasteiger partial charge >= 0.3 is 18.4 Å². The fourth-order valence-electron chi connectivity index (χ4n) is 4.52. The smallest absolute Gasteiger partial charge is 0.416 e. The van der Waals surface area contributed by atoms with Crippen molar-refractivity contribution >= 4 is 29.2 Å². The zero-order valence-corrected chi connectivity index (χ0v) is 24.3. The normalized spacial score (nSPS) is 18.2. The molecule has 3 N–H and O–H groups in total. The summed E-state index contributed by atoms with van der Waals surface area (Å²) in [6, 6.07) is 7.06. The standard InChI is InChI=1S/C29H34F6N4O5/c1-17-14-39(18(2)16-40)26(42)13-19-12-22(36-25(41)10-11-28(30,31)32)8-9-23(19)44-24(17)15-38(3)27(43)37-21-6-4-20(5-7-21)29(33,34)35/h4-9,12,17-18,24,40H,10-11,13-16H2,1-3H3,(H,36,41)(H,37,43)/t17-,18+,24+/m1/s1. The van der Waals surface area contributed by atoms with E-state index in [2.05, 4.69) is 10.6 Å². The summed E-state index contributed by atoms with van der Waals surface area (Å²) in [6.45, 7) is 3.24. The summed E-state index contributed by atoms with van der Waals surface area (Å²) in [5, 5.41) is 14.7. The number of fused-ring (bicyclic) bond motifs is 1.